The highest BCUT2D eigenvalue weighted by molar-refractivity contribution is 5.70. The highest BCUT2D eigenvalue weighted by Crippen LogP contribution is 2.10. The second-order valence-electron chi connectivity index (χ2n) is 4.58. The molecule has 124 valence electrons. The largest absolute Gasteiger partial charge is 0.481 e. The summed E-state index contributed by atoms with van der Waals surface area (Å²) >= 11 is 0. The zero-order valence-corrected chi connectivity index (χ0v) is 12.0. The maximum absolute atomic E-state index is 12.7. The molecule has 23 heavy (non-hydrogen) atoms. The number of nitrogens with two attached hydrogens (primary N) is 1. The maximum atomic E-state index is 12.7. The van der Waals surface area contributed by atoms with Gasteiger partial charge in [-0.3, -0.25) is 4.79 Å². The molecule has 0 heterocycles. The summed E-state index contributed by atoms with van der Waals surface area (Å²) in [6.07, 6.45) is 0.0260. The average molecular weight is 329 g/mol. The third kappa shape index (κ3) is 6.48. The van der Waals surface area contributed by atoms with E-state index in [-0.39, 0.29) is 5.56 Å². The second kappa shape index (κ2) is 8.89. The minimum Gasteiger partial charge on any atom is -0.481 e. The Labute approximate surface area is 130 Å². The Morgan fingerprint density at radius 2 is 1.39 bits per heavy atom. The fourth-order valence-electron chi connectivity index (χ4n) is 1.71. The van der Waals surface area contributed by atoms with Gasteiger partial charge in [-0.25, -0.2) is 17.6 Å². The molecule has 0 saturated carbocycles. The number of aliphatic carboxylic acids is 1. The van der Waals surface area contributed by atoms with Gasteiger partial charge in [0.1, 0.15) is 23.3 Å². The van der Waals surface area contributed by atoms with Crippen molar-refractivity contribution in [1.82, 2.24) is 0 Å². The van der Waals surface area contributed by atoms with E-state index in [1.165, 1.54) is 12.1 Å². The lowest BCUT2D eigenvalue weighted by atomic mass is 10.1. The topological polar surface area (TPSA) is 63.3 Å². The average Bonchev–Trinajstić information content (AvgIpc) is 2.46. The lowest BCUT2D eigenvalue weighted by molar-refractivity contribution is -0.136. The van der Waals surface area contributed by atoms with Crippen molar-refractivity contribution < 1.29 is 27.5 Å². The highest BCUT2D eigenvalue weighted by atomic mass is 19.1. The summed E-state index contributed by atoms with van der Waals surface area (Å²) in [5.41, 5.74) is 5.66. The van der Waals surface area contributed by atoms with Crippen LogP contribution in [0.5, 0.6) is 0 Å². The van der Waals surface area contributed by atoms with E-state index in [4.69, 9.17) is 10.8 Å². The molecule has 3 nitrogen and oxygen atoms in total. The number of hydrogen-bond donors (Lipinski definition) is 2. The second-order valence-corrected chi connectivity index (χ2v) is 4.58. The molecule has 2 aromatic rings. The molecule has 3 N–H and O–H groups in total. The number of rotatable bonds is 4. The maximum Gasteiger partial charge on any atom is 0.307 e. The van der Waals surface area contributed by atoms with Gasteiger partial charge in [0.25, 0.3) is 0 Å². The molecule has 0 amide bonds. The lowest BCUT2D eigenvalue weighted by Crippen LogP contribution is -2.04. The first-order valence-electron chi connectivity index (χ1n) is 6.63. The monoisotopic (exact) mass is 329 g/mol. The Hall–Kier alpha value is -2.41. The van der Waals surface area contributed by atoms with Crippen molar-refractivity contribution in [3.8, 4) is 0 Å². The van der Waals surface area contributed by atoms with Crippen molar-refractivity contribution in [2.45, 2.75) is 12.8 Å². The number of carbonyl (C=O) groups is 1. The van der Waals surface area contributed by atoms with Crippen molar-refractivity contribution in [2.75, 3.05) is 6.54 Å². The minimum atomic E-state index is -1.14. The molecule has 2 rings (SSSR count). The van der Waals surface area contributed by atoms with Crippen LogP contribution in [0.25, 0.3) is 0 Å². The Balaban J connectivity index is 0.000000231. The van der Waals surface area contributed by atoms with E-state index >= 15 is 0 Å². The molecule has 7 heteroatoms. The predicted molar refractivity (Wildman–Crippen MR) is 76.8 cm³/mol. The van der Waals surface area contributed by atoms with Crippen molar-refractivity contribution in [1.29, 1.82) is 0 Å². The molecule has 0 saturated heterocycles. The summed E-state index contributed by atoms with van der Waals surface area (Å²) < 4.78 is 50.1. The van der Waals surface area contributed by atoms with Gasteiger partial charge in [-0.1, -0.05) is 12.1 Å². The summed E-state index contributed by atoms with van der Waals surface area (Å²) in [7, 11) is 0. The Morgan fingerprint density at radius 3 is 1.78 bits per heavy atom. The molecule has 0 aromatic heterocycles. The van der Waals surface area contributed by atoms with Gasteiger partial charge >= 0.3 is 5.97 Å². The van der Waals surface area contributed by atoms with Gasteiger partial charge in [0, 0.05) is 12.1 Å². The molecular weight excluding hydrogens is 314 g/mol. The van der Waals surface area contributed by atoms with Crippen LogP contribution >= 0.6 is 0 Å². The fraction of sp³-hybridized carbons (Fsp3) is 0.188. The molecule has 0 unspecified atom stereocenters. The highest BCUT2D eigenvalue weighted by Gasteiger charge is 2.06. The van der Waals surface area contributed by atoms with Crippen LogP contribution in [0.1, 0.15) is 11.1 Å². The van der Waals surface area contributed by atoms with Gasteiger partial charge in [-0.2, -0.15) is 0 Å². The first-order chi connectivity index (χ1) is 10.8. The molecule has 0 atom stereocenters. The van der Waals surface area contributed by atoms with Crippen LogP contribution < -0.4 is 5.73 Å². The van der Waals surface area contributed by atoms with E-state index in [1.807, 2.05) is 0 Å². The molecule has 0 bridgehead atoms. The molecular formula is C16H15F4NO2. The normalized spacial score (nSPS) is 9.96. The zero-order chi connectivity index (χ0) is 17.4. The fourth-order valence-corrected chi connectivity index (χ4v) is 1.71. The third-order valence-corrected chi connectivity index (χ3v) is 2.79. The van der Waals surface area contributed by atoms with Crippen LogP contribution in [0.3, 0.4) is 0 Å². The zero-order valence-electron chi connectivity index (χ0n) is 12.0. The van der Waals surface area contributed by atoms with E-state index in [0.29, 0.717) is 24.6 Å². The van der Waals surface area contributed by atoms with Crippen LogP contribution in [0.4, 0.5) is 17.6 Å². The molecule has 0 aliphatic heterocycles. The van der Waals surface area contributed by atoms with Crippen LogP contribution in [0.2, 0.25) is 0 Å². The minimum absolute atomic E-state index is 0.0103. The van der Waals surface area contributed by atoms with Gasteiger partial charge in [0.2, 0.25) is 0 Å². The Kier molecular flexibility index (Phi) is 7.21. The van der Waals surface area contributed by atoms with Crippen LogP contribution in [-0.4, -0.2) is 17.6 Å². The van der Waals surface area contributed by atoms with E-state index in [1.54, 1.807) is 0 Å². The summed E-state index contributed by atoms with van der Waals surface area (Å²) in [6, 6.07) is 6.33. The summed E-state index contributed by atoms with van der Waals surface area (Å²) in [6.45, 7) is 0.378. The predicted octanol–water partition coefficient (Wildman–Crippen LogP) is 3.06. The SMILES string of the molecule is NCCc1ccc(F)cc1F.O=C(O)Cc1ccc(F)cc1F. The number of halogens is 4. The number of hydrogen-bond acceptors (Lipinski definition) is 2. The molecule has 0 fully saturated rings. The van der Waals surface area contributed by atoms with Crippen molar-refractivity contribution in [3.05, 3.63) is 70.8 Å². The van der Waals surface area contributed by atoms with Crippen LogP contribution in [-0.2, 0) is 17.6 Å². The number of carboxylic acids is 1. The lowest BCUT2D eigenvalue weighted by Gasteiger charge is -1.99. The third-order valence-electron chi connectivity index (χ3n) is 2.79. The first-order valence-corrected chi connectivity index (χ1v) is 6.63. The van der Waals surface area contributed by atoms with E-state index in [0.717, 1.165) is 18.2 Å². The van der Waals surface area contributed by atoms with Crippen molar-refractivity contribution >= 4 is 5.97 Å². The van der Waals surface area contributed by atoms with Gasteiger partial charge < -0.3 is 10.8 Å². The number of carboxylic acid groups (broad SMARTS) is 1. The van der Waals surface area contributed by atoms with E-state index in [2.05, 4.69) is 0 Å². The molecule has 2 aromatic carbocycles. The van der Waals surface area contributed by atoms with E-state index in [9.17, 15) is 22.4 Å². The first kappa shape index (κ1) is 18.6. The molecule has 0 radical (unpaired) electrons. The standard InChI is InChI=1S/C8H9F2N.C8H6F2O2/c9-7-2-1-6(3-4-11)8(10)5-7;9-6-2-1-5(3-8(11)12)7(10)4-6/h1-2,5H,3-4,11H2;1-2,4H,3H2,(H,11,12). The van der Waals surface area contributed by atoms with Crippen molar-refractivity contribution in [3.63, 3.8) is 0 Å². The van der Waals surface area contributed by atoms with Crippen molar-refractivity contribution in [2.24, 2.45) is 5.73 Å². The van der Waals surface area contributed by atoms with Crippen LogP contribution in [0, 0.1) is 23.3 Å². The molecule has 0 spiro atoms. The van der Waals surface area contributed by atoms with Gasteiger partial charge in [0.15, 0.2) is 0 Å². The summed E-state index contributed by atoms with van der Waals surface area (Å²) in [5.74, 6) is -3.74. The van der Waals surface area contributed by atoms with Crippen LogP contribution in [0.15, 0.2) is 36.4 Å². The smallest absolute Gasteiger partial charge is 0.307 e. The van der Waals surface area contributed by atoms with Gasteiger partial charge in [-0.15, -0.1) is 0 Å². The summed E-state index contributed by atoms with van der Waals surface area (Å²) in [4.78, 5) is 10.1. The Morgan fingerprint density at radius 1 is 0.913 bits per heavy atom. The quantitative estimate of drug-likeness (QED) is 0.848. The summed E-state index contributed by atoms with van der Waals surface area (Å²) in [5, 5.41) is 8.30. The molecule has 0 aliphatic rings. The number of benzene rings is 2. The van der Waals surface area contributed by atoms with E-state index < -0.39 is 35.7 Å². The van der Waals surface area contributed by atoms with Gasteiger partial charge in [0.05, 0.1) is 6.42 Å². The van der Waals surface area contributed by atoms with Gasteiger partial charge in [-0.05, 0) is 36.2 Å². The Bertz CT molecular complexity index is 677. The molecule has 0 aliphatic carbocycles.